The van der Waals surface area contributed by atoms with Gasteiger partial charge in [0.15, 0.2) is 5.78 Å². The number of ketones is 1. The minimum absolute atomic E-state index is 0.264. The Morgan fingerprint density at radius 2 is 1.89 bits per heavy atom. The SMILES string of the molecule is CS(=O)(=O)N1CCCC1C(=O)Nc1ccc(Br)cc1C(=O)c1ccccc1Cl. The molecule has 2 aromatic rings. The molecule has 1 heterocycles. The highest BCUT2D eigenvalue weighted by atomic mass is 79.9. The van der Waals surface area contributed by atoms with Crippen molar-refractivity contribution in [2.45, 2.75) is 18.9 Å². The van der Waals surface area contributed by atoms with Gasteiger partial charge >= 0.3 is 0 Å². The number of halogens is 2. The molecule has 1 unspecified atom stereocenters. The molecular formula is C19H18BrClN2O4S. The molecule has 1 saturated heterocycles. The minimum atomic E-state index is -3.49. The van der Waals surface area contributed by atoms with Crippen molar-refractivity contribution in [2.24, 2.45) is 0 Å². The maximum atomic E-state index is 13.0. The number of hydrogen-bond acceptors (Lipinski definition) is 4. The maximum Gasteiger partial charge on any atom is 0.242 e. The molecule has 0 aliphatic carbocycles. The van der Waals surface area contributed by atoms with Crippen molar-refractivity contribution >= 4 is 54.9 Å². The number of benzene rings is 2. The summed E-state index contributed by atoms with van der Waals surface area (Å²) < 4.78 is 25.7. The Kier molecular flexibility index (Phi) is 6.24. The van der Waals surface area contributed by atoms with Gasteiger partial charge in [-0.15, -0.1) is 0 Å². The largest absolute Gasteiger partial charge is 0.324 e. The van der Waals surface area contributed by atoms with E-state index in [9.17, 15) is 18.0 Å². The number of carbonyl (C=O) groups is 2. The van der Waals surface area contributed by atoms with Crippen LogP contribution in [0.2, 0.25) is 5.02 Å². The fourth-order valence-electron chi connectivity index (χ4n) is 3.22. The Balaban J connectivity index is 1.92. The number of amides is 1. The van der Waals surface area contributed by atoms with E-state index in [4.69, 9.17) is 11.6 Å². The summed E-state index contributed by atoms with van der Waals surface area (Å²) in [5.41, 5.74) is 0.884. The number of sulfonamides is 1. The van der Waals surface area contributed by atoms with Crippen LogP contribution in [0.15, 0.2) is 46.9 Å². The van der Waals surface area contributed by atoms with E-state index < -0.39 is 22.0 Å². The van der Waals surface area contributed by atoms with Crippen LogP contribution in [0.1, 0.15) is 28.8 Å². The van der Waals surface area contributed by atoms with Gasteiger partial charge in [-0.1, -0.05) is 39.7 Å². The zero-order valence-electron chi connectivity index (χ0n) is 15.0. The van der Waals surface area contributed by atoms with Gasteiger partial charge in [0.05, 0.1) is 17.0 Å². The van der Waals surface area contributed by atoms with Crippen molar-refractivity contribution in [3.8, 4) is 0 Å². The van der Waals surface area contributed by atoms with Crippen molar-refractivity contribution in [3.05, 3.63) is 63.1 Å². The molecule has 9 heteroatoms. The van der Waals surface area contributed by atoms with Crippen LogP contribution in [0.3, 0.4) is 0 Å². The molecule has 0 radical (unpaired) electrons. The lowest BCUT2D eigenvalue weighted by molar-refractivity contribution is -0.119. The van der Waals surface area contributed by atoms with Crippen molar-refractivity contribution in [1.82, 2.24) is 4.31 Å². The van der Waals surface area contributed by atoms with Gasteiger partial charge in [-0.2, -0.15) is 4.31 Å². The molecule has 0 bridgehead atoms. The normalized spacial score (nSPS) is 17.5. The topological polar surface area (TPSA) is 83.6 Å². The highest BCUT2D eigenvalue weighted by Crippen LogP contribution is 2.28. The Bertz CT molecular complexity index is 1040. The van der Waals surface area contributed by atoms with Gasteiger partial charge in [0, 0.05) is 22.1 Å². The lowest BCUT2D eigenvalue weighted by Gasteiger charge is -2.22. The predicted molar refractivity (Wildman–Crippen MR) is 112 cm³/mol. The second-order valence-electron chi connectivity index (χ2n) is 6.52. The Hall–Kier alpha value is -1.74. The molecule has 3 rings (SSSR count). The molecule has 28 heavy (non-hydrogen) atoms. The summed E-state index contributed by atoms with van der Waals surface area (Å²) >= 11 is 9.48. The molecule has 6 nitrogen and oxygen atoms in total. The second kappa shape index (κ2) is 8.32. The third-order valence-electron chi connectivity index (χ3n) is 4.53. The molecule has 1 aliphatic rings. The van der Waals surface area contributed by atoms with Crippen LogP contribution in [0.4, 0.5) is 5.69 Å². The highest BCUT2D eigenvalue weighted by Gasteiger charge is 2.36. The average molecular weight is 486 g/mol. The molecule has 1 aliphatic heterocycles. The third-order valence-corrected chi connectivity index (χ3v) is 6.65. The fraction of sp³-hybridized carbons (Fsp3) is 0.263. The number of carbonyl (C=O) groups excluding carboxylic acids is 2. The molecule has 0 saturated carbocycles. The molecule has 1 N–H and O–H groups in total. The molecule has 1 fully saturated rings. The Morgan fingerprint density at radius 3 is 2.57 bits per heavy atom. The molecule has 1 atom stereocenters. The van der Waals surface area contributed by atoms with Gasteiger partial charge in [-0.25, -0.2) is 8.42 Å². The second-order valence-corrected chi connectivity index (χ2v) is 9.78. The van der Waals surface area contributed by atoms with Gasteiger partial charge in [0.25, 0.3) is 0 Å². The molecule has 0 aromatic heterocycles. The Morgan fingerprint density at radius 1 is 1.18 bits per heavy atom. The van der Waals surface area contributed by atoms with Gasteiger partial charge in [-0.3, -0.25) is 9.59 Å². The molecule has 2 aromatic carbocycles. The summed E-state index contributed by atoms with van der Waals surface area (Å²) in [4.78, 5) is 25.8. The van der Waals surface area contributed by atoms with Crippen molar-refractivity contribution in [3.63, 3.8) is 0 Å². The molecule has 0 spiro atoms. The summed E-state index contributed by atoms with van der Waals surface area (Å²) in [5.74, 6) is -0.799. The van der Waals surface area contributed by atoms with E-state index in [1.165, 1.54) is 4.31 Å². The van der Waals surface area contributed by atoms with E-state index in [1.807, 2.05) is 0 Å². The lowest BCUT2D eigenvalue weighted by atomic mass is 10.0. The van der Waals surface area contributed by atoms with Gasteiger partial charge in [0.2, 0.25) is 15.9 Å². The van der Waals surface area contributed by atoms with Crippen molar-refractivity contribution < 1.29 is 18.0 Å². The average Bonchev–Trinajstić information content (AvgIpc) is 3.13. The number of nitrogens with zero attached hydrogens (tertiary/aromatic N) is 1. The highest BCUT2D eigenvalue weighted by molar-refractivity contribution is 9.10. The van der Waals surface area contributed by atoms with Crippen LogP contribution < -0.4 is 5.32 Å². The summed E-state index contributed by atoms with van der Waals surface area (Å²) in [7, 11) is -3.49. The van der Waals surface area contributed by atoms with Crippen LogP contribution in [-0.4, -0.2) is 43.3 Å². The summed E-state index contributed by atoms with van der Waals surface area (Å²) in [6.07, 6.45) is 2.13. The molecular weight excluding hydrogens is 468 g/mol. The van der Waals surface area contributed by atoms with E-state index >= 15 is 0 Å². The number of rotatable bonds is 5. The minimum Gasteiger partial charge on any atom is -0.324 e. The van der Waals surface area contributed by atoms with E-state index in [-0.39, 0.29) is 11.3 Å². The predicted octanol–water partition coefficient (Wildman–Crippen LogP) is 3.70. The number of anilines is 1. The van der Waals surface area contributed by atoms with Gasteiger partial charge in [-0.05, 0) is 43.2 Å². The standard InChI is InChI=1S/C19H18BrClN2O4S/c1-28(26,27)23-10-4-7-17(23)19(25)22-16-9-8-12(20)11-14(16)18(24)13-5-2-3-6-15(13)21/h2-3,5-6,8-9,11,17H,4,7,10H2,1H3,(H,22,25). The van der Waals surface area contributed by atoms with Crippen LogP contribution in [-0.2, 0) is 14.8 Å². The van der Waals surface area contributed by atoms with Crippen LogP contribution >= 0.6 is 27.5 Å². The van der Waals surface area contributed by atoms with Crippen LogP contribution in [0.25, 0.3) is 0 Å². The molecule has 1 amide bonds. The summed E-state index contributed by atoms with van der Waals surface area (Å²) in [5, 5.41) is 3.03. The monoisotopic (exact) mass is 484 g/mol. The first kappa shape index (κ1) is 21.0. The summed E-state index contributed by atoms with van der Waals surface area (Å²) in [6.45, 7) is 0.308. The Labute approximate surface area is 177 Å². The smallest absolute Gasteiger partial charge is 0.242 e. The number of nitrogens with one attached hydrogen (secondary N) is 1. The summed E-state index contributed by atoms with van der Waals surface area (Å²) in [6, 6.07) is 10.8. The lowest BCUT2D eigenvalue weighted by Crippen LogP contribution is -2.42. The molecule has 148 valence electrons. The van der Waals surface area contributed by atoms with E-state index in [2.05, 4.69) is 21.2 Å². The van der Waals surface area contributed by atoms with E-state index in [1.54, 1.807) is 42.5 Å². The van der Waals surface area contributed by atoms with E-state index in [0.29, 0.717) is 40.1 Å². The first-order valence-corrected chi connectivity index (χ1v) is 11.6. The maximum absolute atomic E-state index is 13.0. The quantitative estimate of drug-likeness (QED) is 0.655. The number of hydrogen-bond donors (Lipinski definition) is 1. The van der Waals surface area contributed by atoms with Crippen LogP contribution in [0, 0.1) is 0 Å². The van der Waals surface area contributed by atoms with E-state index in [0.717, 1.165) is 6.26 Å². The third kappa shape index (κ3) is 4.46. The zero-order valence-corrected chi connectivity index (χ0v) is 18.1. The van der Waals surface area contributed by atoms with Gasteiger partial charge < -0.3 is 5.32 Å². The van der Waals surface area contributed by atoms with Crippen molar-refractivity contribution in [1.29, 1.82) is 0 Å². The fourth-order valence-corrected chi connectivity index (χ4v) is 4.93. The first-order valence-electron chi connectivity index (χ1n) is 8.55. The van der Waals surface area contributed by atoms with Crippen molar-refractivity contribution in [2.75, 3.05) is 18.1 Å². The van der Waals surface area contributed by atoms with Crippen LogP contribution in [0.5, 0.6) is 0 Å². The first-order chi connectivity index (χ1) is 13.2. The van der Waals surface area contributed by atoms with Gasteiger partial charge in [0.1, 0.15) is 6.04 Å². The zero-order chi connectivity index (χ0) is 20.5.